The van der Waals surface area contributed by atoms with Crippen molar-refractivity contribution in [2.75, 3.05) is 6.61 Å². The molecule has 0 saturated carbocycles. The van der Waals surface area contributed by atoms with Crippen molar-refractivity contribution in [1.29, 1.82) is 0 Å². The van der Waals surface area contributed by atoms with Crippen molar-refractivity contribution < 1.29 is 19.4 Å². The zero-order valence-electron chi connectivity index (χ0n) is 14.6. The minimum Gasteiger partial charge on any atom is -0.512 e. The normalized spacial score (nSPS) is 18.2. The molecule has 4 nitrogen and oxygen atoms in total. The van der Waals surface area contributed by atoms with E-state index in [1.807, 2.05) is 13.8 Å². The molecular formula is C19H22Cl2O4. The Morgan fingerprint density at radius 3 is 2.40 bits per heavy atom. The topological polar surface area (TPSA) is 63.6 Å². The van der Waals surface area contributed by atoms with Crippen LogP contribution in [0.5, 0.6) is 0 Å². The highest BCUT2D eigenvalue weighted by atomic mass is 35.5. The molecule has 0 amide bonds. The van der Waals surface area contributed by atoms with Crippen LogP contribution in [-0.2, 0) is 14.3 Å². The van der Waals surface area contributed by atoms with E-state index < -0.39 is 11.9 Å². The molecule has 1 aliphatic rings. The average molecular weight is 385 g/mol. The summed E-state index contributed by atoms with van der Waals surface area (Å²) in [5, 5.41) is 11.2. The van der Waals surface area contributed by atoms with Crippen molar-refractivity contribution in [2.24, 2.45) is 5.41 Å². The van der Waals surface area contributed by atoms with Gasteiger partial charge in [0.15, 0.2) is 5.78 Å². The third-order valence-electron chi connectivity index (χ3n) is 4.27. The van der Waals surface area contributed by atoms with Gasteiger partial charge in [-0.05, 0) is 30.0 Å². The van der Waals surface area contributed by atoms with Gasteiger partial charge in [-0.25, -0.2) is 0 Å². The van der Waals surface area contributed by atoms with Gasteiger partial charge in [0.1, 0.15) is 5.76 Å². The second-order valence-electron chi connectivity index (χ2n) is 7.00. The molecular weight excluding hydrogens is 363 g/mol. The molecule has 0 fully saturated rings. The molecule has 1 unspecified atom stereocenters. The fourth-order valence-electron chi connectivity index (χ4n) is 3.28. The number of carbonyl (C=O) groups is 2. The summed E-state index contributed by atoms with van der Waals surface area (Å²) < 4.78 is 5.04. The first-order valence-corrected chi connectivity index (χ1v) is 8.96. The van der Waals surface area contributed by atoms with Gasteiger partial charge in [-0.2, -0.15) is 0 Å². The second kappa shape index (κ2) is 7.79. The summed E-state index contributed by atoms with van der Waals surface area (Å²) in [6.45, 7) is 5.77. The predicted molar refractivity (Wildman–Crippen MR) is 98.1 cm³/mol. The van der Waals surface area contributed by atoms with E-state index in [2.05, 4.69) is 0 Å². The molecule has 6 heteroatoms. The summed E-state index contributed by atoms with van der Waals surface area (Å²) in [5.41, 5.74) is 0.347. The van der Waals surface area contributed by atoms with Crippen LogP contribution in [0.1, 0.15) is 51.5 Å². The van der Waals surface area contributed by atoms with Crippen LogP contribution in [-0.4, -0.2) is 23.5 Å². The first-order valence-electron chi connectivity index (χ1n) is 8.21. The van der Waals surface area contributed by atoms with Crippen molar-refractivity contribution in [2.45, 2.75) is 46.0 Å². The van der Waals surface area contributed by atoms with Crippen LogP contribution >= 0.6 is 23.2 Å². The number of esters is 1. The largest absolute Gasteiger partial charge is 0.512 e. The molecule has 0 radical (unpaired) electrons. The lowest BCUT2D eigenvalue weighted by molar-refractivity contribution is -0.143. The van der Waals surface area contributed by atoms with E-state index in [4.69, 9.17) is 27.9 Å². The number of hydrogen-bond acceptors (Lipinski definition) is 4. The van der Waals surface area contributed by atoms with E-state index >= 15 is 0 Å². The van der Waals surface area contributed by atoms with E-state index in [0.717, 1.165) is 0 Å². The summed E-state index contributed by atoms with van der Waals surface area (Å²) in [6.07, 6.45) is 0.534. The highest BCUT2D eigenvalue weighted by Gasteiger charge is 2.39. The third kappa shape index (κ3) is 4.56. The number of allylic oxidation sites excluding steroid dienone is 2. The Morgan fingerprint density at radius 2 is 1.88 bits per heavy atom. The summed E-state index contributed by atoms with van der Waals surface area (Å²) in [6, 6.07) is 4.99. The number of hydrogen-bond donors (Lipinski definition) is 1. The van der Waals surface area contributed by atoms with Crippen LogP contribution < -0.4 is 0 Å². The highest BCUT2D eigenvalue weighted by molar-refractivity contribution is 6.36. The standard InChI is InChI=1S/C19H22Cl2O4/c1-4-25-16(24)8-11(17-12(20)6-5-7-13(17)21)18-14(22)9-19(2,3)10-15(18)23/h5-7,11,22H,4,8-10H2,1-3H3. The van der Waals surface area contributed by atoms with Gasteiger partial charge in [0, 0.05) is 34.4 Å². The first kappa shape index (κ1) is 19.8. The molecule has 0 aliphatic heterocycles. The molecule has 25 heavy (non-hydrogen) atoms. The van der Waals surface area contributed by atoms with Gasteiger partial charge in [0.25, 0.3) is 0 Å². The lowest BCUT2D eigenvalue weighted by Crippen LogP contribution is -2.29. The minimum atomic E-state index is -0.733. The first-order chi connectivity index (χ1) is 11.7. The molecule has 0 bridgehead atoms. The van der Waals surface area contributed by atoms with E-state index in [1.165, 1.54) is 0 Å². The maximum Gasteiger partial charge on any atom is 0.306 e. The van der Waals surface area contributed by atoms with Gasteiger partial charge in [-0.15, -0.1) is 0 Å². The monoisotopic (exact) mass is 384 g/mol. The van der Waals surface area contributed by atoms with Crippen LogP contribution in [0.25, 0.3) is 0 Å². The summed E-state index contributed by atoms with van der Waals surface area (Å²) in [7, 11) is 0. The number of Topliss-reactive ketones (excluding diaryl/α,β-unsaturated/α-hetero) is 1. The Kier molecular flexibility index (Phi) is 6.17. The van der Waals surface area contributed by atoms with Gasteiger partial charge in [0.05, 0.1) is 13.0 Å². The Hall–Kier alpha value is -1.52. The van der Waals surface area contributed by atoms with E-state index in [1.54, 1.807) is 25.1 Å². The van der Waals surface area contributed by atoms with Crippen LogP contribution in [0.2, 0.25) is 10.0 Å². The molecule has 0 aromatic heterocycles. The molecule has 136 valence electrons. The molecule has 0 saturated heterocycles. The fourth-order valence-corrected chi connectivity index (χ4v) is 3.94. The highest BCUT2D eigenvalue weighted by Crippen LogP contribution is 2.45. The van der Waals surface area contributed by atoms with Crippen molar-refractivity contribution >= 4 is 35.0 Å². The lowest BCUT2D eigenvalue weighted by Gasteiger charge is -2.33. The van der Waals surface area contributed by atoms with Gasteiger partial charge in [-0.1, -0.05) is 43.1 Å². The van der Waals surface area contributed by atoms with Crippen molar-refractivity contribution in [1.82, 2.24) is 0 Å². The number of halogens is 2. The number of rotatable bonds is 5. The quantitative estimate of drug-likeness (QED) is 0.705. The Labute approximate surface area is 157 Å². The maximum atomic E-state index is 12.7. The fraction of sp³-hybridized carbons (Fsp3) is 0.474. The van der Waals surface area contributed by atoms with Gasteiger partial charge < -0.3 is 9.84 Å². The number of aliphatic hydroxyl groups excluding tert-OH is 1. The zero-order valence-corrected chi connectivity index (χ0v) is 16.1. The Bertz CT molecular complexity index is 702. The maximum absolute atomic E-state index is 12.7. The van der Waals surface area contributed by atoms with Gasteiger partial charge >= 0.3 is 5.97 Å². The van der Waals surface area contributed by atoms with Crippen molar-refractivity contribution in [3.05, 3.63) is 45.1 Å². The molecule has 1 aromatic rings. The van der Waals surface area contributed by atoms with Crippen molar-refractivity contribution in [3.8, 4) is 0 Å². The predicted octanol–water partition coefficient (Wildman–Crippen LogP) is 5.23. The number of benzene rings is 1. The van der Waals surface area contributed by atoms with Crippen LogP contribution in [0.3, 0.4) is 0 Å². The molecule has 1 aromatic carbocycles. The summed E-state index contributed by atoms with van der Waals surface area (Å²) in [5.74, 6) is -1.41. The zero-order chi connectivity index (χ0) is 18.8. The van der Waals surface area contributed by atoms with Crippen LogP contribution in [0.15, 0.2) is 29.5 Å². The lowest BCUT2D eigenvalue weighted by atomic mass is 9.72. The smallest absolute Gasteiger partial charge is 0.306 e. The molecule has 1 atom stereocenters. The van der Waals surface area contributed by atoms with Gasteiger partial charge in [-0.3, -0.25) is 9.59 Å². The minimum absolute atomic E-state index is 0.00784. The molecule has 0 spiro atoms. The Balaban J connectivity index is 2.56. The number of carbonyl (C=O) groups excluding carboxylic acids is 2. The summed E-state index contributed by atoms with van der Waals surface area (Å²) >= 11 is 12.6. The summed E-state index contributed by atoms with van der Waals surface area (Å²) in [4.78, 5) is 24.8. The van der Waals surface area contributed by atoms with Crippen LogP contribution in [0, 0.1) is 5.41 Å². The number of ether oxygens (including phenoxy) is 1. The number of aliphatic hydroxyl groups is 1. The van der Waals surface area contributed by atoms with Crippen molar-refractivity contribution in [3.63, 3.8) is 0 Å². The third-order valence-corrected chi connectivity index (χ3v) is 4.93. The molecule has 0 heterocycles. The van der Waals surface area contributed by atoms with E-state index in [0.29, 0.717) is 22.0 Å². The molecule has 1 N–H and O–H groups in total. The number of ketones is 1. The average Bonchev–Trinajstić information content (AvgIpc) is 2.44. The SMILES string of the molecule is CCOC(=O)CC(C1=C(O)CC(C)(C)CC1=O)c1c(Cl)cccc1Cl. The molecule has 1 aliphatic carbocycles. The Morgan fingerprint density at radius 1 is 1.28 bits per heavy atom. The van der Waals surface area contributed by atoms with E-state index in [-0.39, 0.29) is 42.0 Å². The van der Waals surface area contributed by atoms with Gasteiger partial charge in [0.2, 0.25) is 0 Å². The van der Waals surface area contributed by atoms with E-state index in [9.17, 15) is 14.7 Å². The van der Waals surface area contributed by atoms with Crippen LogP contribution in [0.4, 0.5) is 0 Å². The second-order valence-corrected chi connectivity index (χ2v) is 7.81. The molecule has 2 rings (SSSR count).